The summed E-state index contributed by atoms with van der Waals surface area (Å²) in [7, 11) is 0. The summed E-state index contributed by atoms with van der Waals surface area (Å²) >= 11 is 0. The van der Waals surface area contributed by atoms with Gasteiger partial charge < -0.3 is 4.90 Å². The number of hydrogen-bond donors (Lipinski definition) is 0. The monoisotopic (exact) mass is 285 g/mol. The van der Waals surface area contributed by atoms with Crippen LogP contribution in [0.2, 0.25) is 0 Å². The fourth-order valence-electron chi connectivity index (χ4n) is 2.69. The Labute approximate surface area is 123 Å². The molecule has 0 unspecified atom stereocenters. The van der Waals surface area contributed by atoms with Gasteiger partial charge in [0.25, 0.3) is 0 Å². The van der Waals surface area contributed by atoms with E-state index in [-0.39, 0.29) is 12.5 Å². The molecule has 6 heteroatoms. The molecule has 3 rings (SSSR count). The Kier molecular flexibility index (Phi) is 3.94. The summed E-state index contributed by atoms with van der Waals surface area (Å²) in [5.74, 6) is 0.620. The van der Waals surface area contributed by atoms with E-state index >= 15 is 0 Å². The van der Waals surface area contributed by atoms with Gasteiger partial charge >= 0.3 is 0 Å². The molecule has 0 bridgehead atoms. The van der Waals surface area contributed by atoms with Gasteiger partial charge in [0.15, 0.2) is 0 Å². The summed E-state index contributed by atoms with van der Waals surface area (Å²) in [6, 6.07) is 9.96. The first-order valence-corrected chi connectivity index (χ1v) is 7.37. The van der Waals surface area contributed by atoms with Gasteiger partial charge in [-0.2, -0.15) is 4.80 Å². The molecule has 1 fully saturated rings. The third-order valence-corrected chi connectivity index (χ3v) is 3.88. The number of hydrogen-bond acceptors (Lipinski definition) is 4. The lowest BCUT2D eigenvalue weighted by Crippen LogP contribution is -2.43. The van der Waals surface area contributed by atoms with Gasteiger partial charge in [-0.05, 0) is 31.4 Å². The number of tetrazole rings is 1. The lowest BCUT2D eigenvalue weighted by atomic mass is 10.0. The average molecular weight is 285 g/mol. The Balaban J connectivity index is 1.68. The van der Waals surface area contributed by atoms with Crippen molar-refractivity contribution in [2.75, 3.05) is 6.54 Å². The highest BCUT2D eigenvalue weighted by Gasteiger charge is 2.23. The third kappa shape index (κ3) is 3.09. The van der Waals surface area contributed by atoms with Crippen LogP contribution >= 0.6 is 0 Å². The maximum absolute atomic E-state index is 12.3. The molecule has 2 heterocycles. The van der Waals surface area contributed by atoms with Crippen molar-refractivity contribution in [3.05, 3.63) is 30.3 Å². The van der Waals surface area contributed by atoms with Gasteiger partial charge in [-0.15, -0.1) is 10.2 Å². The summed E-state index contributed by atoms with van der Waals surface area (Å²) in [6.45, 7) is 3.09. The highest BCUT2D eigenvalue weighted by Crippen LogP contribution is 2.17. The van der Waals surface area contributed by atoms with Crippen LogP contribution in [0.1, 0.15) is 26.2 Å². The number of amides is 1. The van der Waals surface area contributed by atoms with Crippen molar-refractivity contribution in [1.29, 1.82) is 0 Å². The molecule has 1 aromatic carbocycles. The van der Waals surface area contributed by atoms with E-state index < -0.39 is 0 Å². The zero-order valence-corrected chi connectivity index (χ0v) is 12.1. The number of nitrogens with zero attached hydrogens (tertiary/aromatic N) is 5. The Morgan fingerprint density at radius 2 is 2.10 bits per heavy atom. The molecule has 1 amide bonds. The van der Waals surface area contributed by atoms with Crippen LogP contribution in [0.5, 0.6) is 0 Å². The fraction of sp³-hybridized carbons (Fsp3) is 0.467. The SMILES string of the molecule is C[C@H]1CCCCN1C(=O)Cn1nnc(-c2ccccc2)n1. The number of benzene rings is 1. The Hall–Kier alpha value is -2.24. The standard InChI is InChI=1S/C15H19N5O/c1-12-7-5-6-10-19(12)14(21)11-20-17-15(16-18-20)13-8-3-2-4-9-13/h2-4,8-9,12H,5-7,10-11H2,1H3/t12-/m0/s1. The predicted octanol–water partition coefficient (Wildman–Crippen LogP) is 1.74. The van der Waals surface area contributed by atoms with E-state index in [9.17, 15) is 4.79 Å². The van der Waals surface area contributed by atoms with Crippen molar-refractivity contribution in [3.8, 4) is 11.4 Å². The van der Waals surface area contributed by atoms with Gasteiger partial charge in [0, 0.05) is 18.2 Å². The van der Waals surface area contributed by atoms with E-state index in [0.717, 1.165) is 24.9 Å². The van der Waals surface area contributed by atoms with E-state index in [4.69, 9.17) is 0 Å². The number of carbonyl (C=O) groups is 1. The largest absolute Gasteiger partial charge is 0.338 e. The zero-order valence-electron chi connectivity index (χ0n) is 12.1. The molecular weight excluding hydrogens is 266 g/mol. The number of carbonyl (C=O) groups excluding carboxylic acids is 1. The van der Waals surface area contributed by atoms with Gasteiger partial charge in [-0.25, -0.2) is 0 Å². The van der Waals surface area contributed by atoms with Crippen molar-refractivity contribution in [1.82, 2.24) is 25.1 Å². The van der Waals surface area contributed by atoms with E-state index in [1.807, 2.05) is 35.2 Å². The number of rotatable bonds is 3. The molecule has 110 valence electrons. The van der Waals surface area contributed by atoms with Crippen LogP contribution in [-0.4, -0.2) is 43.6 Å². The molecule has 1 aliphatic heterocycles. The molecule has 21 heavy (non-hydrogen) atoms. The second-order valence-corrected chi connectivity index (χ2v) is 5.44. The molecule has 0 radical (unpaired) electrons. The van der Waals surface area contributed by atoms with Crippen LogP contribution in [-0.2, 0) is 11.3 Å². The topological polar surface area (TPSA) is 63.9 Å². The molecule has 6 nitrogen and oxygen atoms in total. The van der Waals surface area contributed by atoms with E-state index in [0.29, 0.717) is 11.9 Å². The number of aromatic nitrogens is 4. The first kappa shape index (κ1) is 13.7. The summed E-state index contributed by atoms with van der Waals surface area (Å²) in [4.78, 5) is 15.6. The van der Waals surface area contributed by atoms with Gasteiger partial charge in [0.05, 0.1) is 0 Å². The fourth-order valence-corrected chi connectivity index (χ4v) is 2.69. The minimum atomic E-state index is 0.0687. The maximum Gasteiger partial charge on any atom is 0.246 e. The quantitative estimate of drug-likeness (QED) is 0.861. The van der Waals surface area contributed by atoms with Crippen LogP contribution < -0.4 is 0 Å². The molecule has 1 saturated heterocycles. The highest BCUT2D eigenvalue weighted by atomic mass is 16.2. The maximum atomic E-state index is 12.3. The van der Waals surface area contributed by atoms with Crippen LogP contribution in [0.15, 0.2) is 30.3 Å². The predicted molar refractivity (Wildman–Crippen MR) is 78.3 cm³/mol. The van der Waals surface area contributed by atoms with Gasteiger partial charge in [-0.1, -0.05) is 30.3 Å². The second kappa shape index (κ2) is 6.03. The molecule has 1 aliphatic rings. The van der Waals surface area contributed by atoms with Crippen molar-refractivity contribution in [3.63, 3.8) is 0 Å². The van der Waals surface area contributed by atoms with Crippen LogP contribution in [0.3, 0.4) is 0 Å². The van der Waals surface area contributed by atoms with Crippen molar-refractivity contribution >= 4 is 5.91 Å². The lowest BCUT2D eigenvalue weighted by Gasteiger charge is -2.33. The van der Waals surface area contributed by atoms with E-state index in [1.54, 1.807) is 0 Å². The molecule has 1 aromatic heterocycles. The van der Waals surface area contributed by atoms with Crippen molar-refractivity contribution in [2.24, 2.45) is 0 Å². The Morgan fingerprint density at radius 1 is 1.29 bits per heavy atom. The van der Waals surface area contributed by atoms with E-state index in [2.05, 4.69) is 22.3 Å². The summed E-state index contributed by atoms with van der Waals surface area (Å²) in [5, 5.41) is 12.3. The Morgan fingerprint density at radius 3 is 2.86 bits per heavy atom. The summed E-state index contributed by atoms with van der Waals surface area (Å²) in [5.41, 5.74) is 0.905. The van der Waals surface area contributed by atoms with Crippen molar-refractivity contribution < 1.29 is 4.79 Å². The Bertz CT molecular complexity index is 610. The molecule has 0 saturated carbocycles. The molecule has 1 atom stereocenters. The highest BCUT2D eigenvalue weighted by molar-refractivity contribution is 5.76. The van der Waals surface area contributed by atoms with Crippen LogP contribution in [0.4, 0.5) is 0 Å². The van der Waals surface area contributed by atoms with Crippen molar-refractivity contribution in [2.45, 2.75) is 38.8 Å². The zero-order chi connectivity index (χ0) is 14.7. The summed E-state index contributed by atoms with van der Waals surface area (Å²) < 4.78 is 0. The van der Waals surface area contributed by atoms with Gasteiger partial charge in [0.2, 0.25) is 11.7 Å². The minimum Gasteiger partial charge on any atom is -0.338 e. The molecule has 0 aliphatic carbocycles. The van der Waals surface area contributed by atoms with E-state index in [1.165, 1.54) is 11.2 Å². The number of piperidine rings is 1. The molecule has 0 spiro atoms. The first-order valence-electron chi connectivity index (χ1n) is 7.37. The molecule has 2 aromatic rings. The first-order chi connectivity index (χ1) is 10.2. The normalized spacial score (nSPS) is 18.7. The number of likely N-dealkylation sites (tertiary alicyclic amines) is 1. The average Bonchev–Trinajstić information content (AvgIpc) is 2.97. The van der Waals surface area contributed by atoms with Crippen LogP contribution in [0.25, 0.3) is 11.4 Å². The molecule has 0 N–H and O–H groups in total. The smallest absolute Gasteiger partial charge is 0.246 e. The van der Waals surface area contributed by atoms with Crippen LogP contribution in [0, 0.1) is 0 Å². The van der Waals surface area contributed by atoms with Gasteiger partial charge in [-0.3, -0.25) is 4.79 Å². The summed E-state index contributed by atoms with van der Waals surface area (Å²) in [6.07, 6.45) is 3.35. The second-order valence-electron chi connectivity index (χ2n) is 5.44. The minimum absolute atomic E-state index is 0.0687. The van der Waals surface area contributed by atoms with Gasteiger partial charge in [0.1, 0.15) is 6.54 Å². The molecular formula is C15H19N5O. The third-order valence-electron chi connectivity index (χ3n) is 3.88. The lowest BCUT2D eigenvalue weighted by molar-refractivity contribution is -0.135.